The Morgan fingerprint density at radius 3 is 2.65 bits per heavy atom. The minimum Gasteiger partial charge on any atom is -0.378 e. The highest BCUT2D eigenvalue weighted by molar-refractivity contribution is 9.10. The lowest BCUT2D eigenvalue weighted by atomic mass is 10.1. The minimum atomic E-state index is -0.207. The first kappa shape index (κ1) is 13.7. The maximum Gasteiger partial charge on any atom is 0.323 e. The van der Waals surface area contributed by atoms with Crippen molar-refractivity contribution in [2.24, 2.45) is 0 Å². The molecule has 4 nitrogen and oxygen atoms in total. The van der Waals surface area contributed by atoms with Gasteiger partial charge in [-0.25, -0.2) is 4.79 Å². The Labute approximate surface area is 132 Å². The van der Waals surface area contributed by atoms with E-state index >= 15 is 0 Å². The molecule has 0 radical (unpaired) electrons. The Morgan fingerprint density at radius 1 is 1.30 bits per heavy atom. The van der Waals surface area contributed by atoms with Gasteiger partial charge in [0.25, 0.3) is 0 Å². The number of H-pyrrole nitrogens is 2. The number of aromatic nitrogens is 2. The molecule has 1 unspecified atom stereocenters. The molecule has 0 aliphatic rings. The summed E-state index contributed by atoms with van der Waals surface area (Å²) in [7, 11) is 0. The van der Waals surface area contributed by atoms with Gasteiger partial charge in [0.1, 0.15) is 0 Å². The van der Waals surface area contributed by atoms with Gasteiger partial charge >= 0.3 is 5.69 Å². The number of anilines is 1. The molecule has 1 atom stereocenters. The Morgan fingerprint density at radius 2 is 2.00 bits per heavy atom. The normalized spacial score (nSPS) is 12.8. The van der Waals surface area contributed by atoms with Crippen LogP contribution in [0.5, 0.6) is 0 Å². The molecule has 0 bridgehead atoms. The van der Waals surface area contributed by atoms with Crippen LogP contribution in [-0.4, -0.2) is 9.97 Å². The smallest absolute Gasteiger partial charge is 0.323 e. The van der Waals surface area contributed by atoms with Crippen molar-refractivity contribution in [2.75, 3.05) is 5.32 Å². The Balaban J connectivity index is 1.93. The summed E-state index contributed by atoms with van der Waals surface area (Å²) in [4.78, 5) is 16.8. The second-order valence-electron chi connectivity index (χ2n) is 4.51. The van der Waals surface area contributed by atoms with Crippen molar-refractivity contribution in [3.05, 3.63) is 48.4 Å². The standard InChI is InChI=1S/C13H11BrClN3OS/c1-6(7-2-12(15)20-5-7)16-9-4-11-10(3-8(9)14)17-13(19)18-11/h2-6,16H,1H3,(H2,17,18,19). The maximum atomic E-state index is 11.3. The number of rotatable bonds is 3. The molecular formula is C13H11BrClN3OS. The molecule has 104 valence electrons. The van der Waals surface area contributed by atoms with E-state index in [1.54, 1.807) is 0 Å². The molecule has 0 aliphatic heterocycles. The van der Waals surface area contributed by atoms with E-state index in [9.17, 15) is 4.79 Å². The number of hydrogen-bond donors (Lipinski definition) is 3. The fourth-order valence-corrected chi connectivity index (χ4v) is 3.48. The third-order valence-corrected chi connectivity index (χ3v) is 4.83. The zero-order chi connectivity index (χ0) is 14.3. The molecule has 3 aromatic rings. The number of hydrogen-bond acceptors (Lipinski definition) is 3. The molecule has 3 rings (SSSR count). The topological polar surface area (TPSA) is 60.7 Å². The summed E-state index contributed by atoms with van der Waals surface area (Å²) in [5, 5.41) is 5.44. The monoisotopic (exact) mass is 371 g/mol. The van der Waals surface area contributed by atoms with Gasteiger partial charge in [-0.1, -0.05) is 11.6 Å². The molecule has 0 aliphatic carbocycles. The summed E-state index contributed by atoms with van der Waals surface area (Å²) in [6.45, 7) is 2.06. The van der Waals surface area contributed by atoms with Crippen molar-refractivity contribution in [1.29, 1.82) is 0 Å². The third kappa shape index (κ3) is 2.63. The van der Waals surface area contributed by atoms with Crippen molar-refractivity contribution in [1.82, 2.24) is 9.97 Å². The van der Waals surface area contributed by atoms with Crippen molar-refractivity contribution in [2.45, 2.75) is 13.0 Å². The third-order valence-electron chi connectivity index (χ3n) is 3.06. The first-order valence-electron chi connectivity index (χ1n) is 5.95. The van der Waals surface area contributed by atoms with E-state index in [1.807, 2.05) is 23.6 Å². The summed E-state index contributed by atoms with van der Waals surface area (Å²) < 4.78 is 1.67. The molecule has 2 aromatic heterocycles. The fraction of sp³-hybridized carbons (Fsp3) is 0.154. The van der Waals surface area contributed by atoms with E-state index in [-0.39, 0.29) is 11.7 Å². The SMILES string of the molecule is CC(Nc1cc2[nH]c(=O)[nH]c2cc1Br)c1csc(Cl)c1. The fourth-order valence-electron chi connectivity index (χ4n) is 2.03. The summed E-state index contributed by atoms with van der Waals surface area (Å²) in [6.07, 6.45) is 0. The van der Waals surface area contributed by atoms with Crippen molar-refractivity contribution >= 4 is 55.6 Å². The zero-order valence-electron chi connectivity index (χ0n) is 10.5. The van der Waals surface area contributed by atoms with E-state index in [0.717, 1.165) is 31.1 Å². The van der Waals surface area contributed by atoms with Crippen LogP contribution in [0.2, 0.25) is 4.34 Å². The van der Waals surface area contributed by atoms with Gasteiger partial charge < -0.3 is 15.3 Å². The minimum absolute atomic E-state index is 0.123. The maximum absolute atomic E-state index is 11.3. The first-order chi connectivity index (χ1) is 9.52. The Bertz CT molecular complexity index is 822. The highest BCUT2D eigenvalue weighted by atomic mass is 79.9. The van der Waals surface area contributed by atoms with Crippen LogP contribution >= 0.6 is 38.9 Å². The highest BCUT2D eigenvalue weighted by Gasteiger charge is 2.11. The molecule has 0 fully saturated rings. The van der Waals surface area contributed by atoms with Crippen LogP contribution in [0.4, 0.5) is 5.69 Å². The lowest BCUT2D eigenvalue weighted by Crippen LogP contribution is -2.06. The van der Waals surface area contributed by atoms with Gasteiger partial charge in [-0.2, -0.15) is 0 Å². The quantitative estimate of drug-likeness (QED) is 0.633. The molecule has 2 heterocycles. The van der Waals surface area contributed by atoms with Crippen LogP contribution in [-0.2, 0) is 0 Å². The molecule has 20 heavy (non-hydrogen) atoms. The van der Waals surface area contributed by atoms with Crippen LogP contribution in [0.3, 0.4) is 0 Å². The lowest BCUT2D eigenvalue weighted by Gasteiger charge is -2.15. The number of fused-ring (bicyclic) bond motifs is 1. The average Bonchev–Trinajstić information content (AvgIpc) is 2.95. The molecule has 0 amide bonds. The van der Waals surface area contributed by atoms with E-state index in [4.69, 9.17) is 11.6 Å². The Hall–Kier alpha value is -1.24. The van der Waals surface area contributed by atoms with Gasteiger partial charge in [0.05, 0.1) is 21.1 Å². The van der Waals surface area contributed by atoms with Crippen molar-refractivity contribution < 1.29 is 0 Å². The van der Waals surface area contributed by atoms with Gasteiger partial charge in [-0.3, -0.25) is 0 Å². The van der Waals surface area contributed by atoms with Crippen LogP contribution in [0.1, 0.15) is 18.5 Å². The molecule has 0 saturated heterocycles. The van der Waals surface area contributed by atoms with E-state index < -0.39 is 0 Å². The summed E-state index contributed by atoms with van der Waals surface area (Å²) >= 11 is 11.0. The predicted octanol–water partition coefficient (Wildman–Crippen LogP) is 4.51. The van der Waals surface area contributed by atoms with Crippen LogP contribution in [0.15, 0.2) is 32.8 Å². The summed E-state index contributed by atoms with van der Waals surface area (Å²) in [5.74, 6) is 0. The molecular weight excluding hydrogens is 362 g/mol. The molecule has 3 N–H and O–H groups in total. The molecule has 0 spiro atoms. The average molecular weight is 373 g/mol. The van der Waals surface area contributed by atoms with Crippen LogP contribution in [0, 0.1) is 0 Å². The van der Waals surface area contributed by atoms with Gasteiger partial charge in [-0.05, 0) is 52.0 Å². The molecule has 7 heteroatoms. The van der Waals surface area contributed by atoms with Gasteiger partial charge in [0.2, 0.25) is 0 Å². The zero-order valence-corrected chi connectivity index (χ0v) is 13.6. The summed E-state index contributed by atoms with van der Waals surface area (Å²) in [6, 6.07) is 5.86. The van der Waals surface area contributed by atoms with E-state index in [1.165, 1.54) is 11.3 Å². The van der Waals surface area contributed by atoms with Gasteiger partial charge in [0, 0.05) is 10.5 Å². The predicted molar refractivity (Wildman–Crippen MR) is 88.0 cm³/mol. The number of halogens is 2. The van der Waals surface area contributed by atoms with Crippen molar-refractivity contribution in [3.8, 4) is 0 Å². The highest BCUT2D eigenvalue weighted by Crippen LogP contribution is 2.31. The number of thiophene rings is 1. The molecule has 0 saturated carbocycles. The number of imidazole rings is 1. The lowest BCUT2D eigenvalue weighted by molar-refractivity contribution is 0.890. The second-order valence-corrected chi connectivity index (χ2v) is 6.90. The molecule has 1 aromatic carbocycles. The van der Waals surface area contributed by atoms with E-state index in [2.05, 4.69) is 38.1 Å². The van der Waals surface area contributed by atoms with Gasteiger partial charge in [0.15, 0.2) is 0 Å². The number of nitrogens with one attached hydrogen (secondary N) is 3. The summed E-state index contributed by atoms with van der Waals surface area (Å²) in [5.41, 5.74) is 3.40. The number of aromatic amines is 2. The van der Waals surface area contributed by atoms with Gasteiger partial charge in [-0.15, -0.1) is 11.3 Å². The van der Waals surface area contributed by atoms with Crippen LogP contribution < -0.4 is 11.0 Å². The van der Waals surface area contributed by atoms with Crippen molar-refractivity contribution in [3.63, 3.8) is 0 Å². The second kappa shape index (κ2) is 5.27. The largest absolute Gasteiger partial charge is 0.378 e. The van der Waals surface area contributed by atoms with Crippen LogP contribution in [0.25, 0.3) is 11.0 Å². The Kier molecular flexibility index (Phi) is 3.62. The van der Waals surface area contributed by atoms with E-state index in [0.29, 0.717) is 0 Å². The number of benzene rings is 1. The first-order valence-corrected chi connectivity index (χ1v) is 8.00.